The van der Waals surface area contributed by atoms with Gasteiger partial charge in [-0.15, -0.1) is 0 Å². The van der Waals surface area contributed by atoms with Crippen LogP contribution in [-0.2, 0) is 9.59 Å². The number of carbonyl (C=O) groups excluding carboxylic acids is 2. The van der Waals surface area contributed by atoms with Gasteiger partial charge in [-0.2, -0.15) is 0 Å². The lowest BCUT2D eigenvalue weighted by Gasteiger charge is -2.18. The van der Waals surface area contributed by atoms with Gasteiger partial charge < -0.3 is 15.5 Å². The third-order valence-corrected chi connectivity index (χ3v) is 3.83. The highest BCUT2D eigenvalue weighted by Crippen LogP contribution is 2.32. The highest BCUT2D eigenvalue weighted by atomic mass is 16.2. The molecular formula is C17H13N3O2. The minimum absolute atomic E-state index is 0.181. The third kappa shape index (κ3) is 1.87. The molecular weight excluding hydrogens is 278 g/mol. The summed E-state index contributed by atoms with van der Waals surface area (Å²) in [5.74, 6) is -0.644. The van der Waals surface area contributed by atoms with Crippen molar-refractivity contribution in [1.82, 2.24) is 0 Å². The first-order valence-corrected chi connectivity index (χ1v) is 7.01. The van der Waals surface area contributed by atoms with Crippen LogP contribution < -0.4 is 15.5 Å². The molecule has 0 aliphatic carbocycles. The van der Waals surface area contributed by atoms with Gasteiger partial charge in [-0.3, -0.25) is 9.59 Å². The summed E-state index contributed by atoms with van der Waals surface area (Å²) < 4.78 is 0. The number of fused-ring (bicyclic) bond motifs is 1. The fraction of sp³-hybridized carbons (Fsp3) is 0.0588. The summed E-state index contributed by atoms with van der Waals surface area (Å²) in [6.45, 7) is 0.361. The highest BCUT2D eigenvalue weighted by Gasteiger charge is 2.37. The molecule has 2 amide bonds. The molecule has 2 aromatic rings. The molecule has 0 saturated carbocycles. The lowest BCUT2D eigenvalue weighted by atomic mass is 10.2. The van der Waals surface area contributed by atoms with Gasteiger partial charge in [0.05, 0.1) is 23.6 Å². The number of nitrogens with one attached hydrogen (secondary N) is 2. The number of para-hydroxylation sites is 3. The van der Waals surface area contributed by atoms with Crippen molar-refractivity contribution in [3.05, 3.63) is 65.9 Å². The summed E-state index contributed by atoms with van der Waals surface area (Å²) in [5, 5.41) is 6.01. The minimum Gasteiger partial charge on any atom is -0.355 e. The number of hydrogen-bond donors (Lipinski definition) is 2. The standard InChI is InChI=1S/C17H13N3O2/c21-16-15-14(18-12-8-4-5-9-13(12)19-16)10-20(17(15)22)11-6-2-1-3-7-11/h1-9,18H,10H2,(H,19,21). The number of carbonyl (C=O) groups is 2. The van der Waals surface area contributed by atoms with Gasteiger partial charge in [0.25, 0.3) is 11.8 Å². The summed E-state index contributed by atoms with van der Waals surface area (Å²) in [7, 11) is 0. The fourth-order valence-corrected chi connectivity index (χ4v) is 2.77. The zero-order chi connectivity index (χ0) is 15.1. The lowest BCUT2D eigenvalue weighted by molar-refractivity contribution is -0.119. The molecule has 0 atom stereocenters. The molecule has 2 heterocycles. The Hall–Kier alpha value is -3.08. The maximum Gasteiger partial charge on any atom is 0.266 e. The molecule has 0 unspecified atom stereocenters. The van der Waals surface area contributed by atoms with Gasteiger partial charge in [-0.05, 0) is 24.3 Å². The van der Waals surface area contributed by atoms with E-state index in [0.717, 1.165) is 11.4 Å². The monoisotopic (exact) mass is 291 g/mol. The Morgan fingerprint density at radius 3 is 2.18 bits per heavy atom. The van der Waals surface area contributed by atoms with E-state index in [1.807, 2.05) is 54.6 Å². The van der Waals surface area contributed by atoms with E-state index >= 15 is 0 Å². The molecule has 22 heavy (non-hydrogen) atoms. The zero-order valence-electron chi connectivity index (χ0n) is 11.7. The Kier molecular flexibility index (Phi) is 2.72. The number of hydrogen-bond acceptors (Lipinski definition) is 3. The van der Waals surface area contributed by atoms with Crippen LogP contribution in [0, 0.1) is 0 Å². The van der Waals surface area contributed by atoms with Gasteiger partial charge >= 0.3 is 0 Å². The third-order valence-electron chi connectivity index (χ3n) is 3.83. The summed E-state index contributed by atoms with van der Waals surface area (Å²) in [4.78, 5) is 26.6. The number of nitrogens with zero attached hydrogens (tertiary/aromatic N) is 1. The molecule has 0 bridgehead atoms. The summed E-state index contributed by atoms with van der Waals surface area (Å²) in [6, 6.07) is 16.8. The predicted octanol–water partition coefficient (Wildman–Crippen LogP) is 2.35. The summed E-state index contributed by atoms with van der Waals surface area (Å²) in [5.41, 5.74) is 3.07. The van der Waals surface area contributed by atoms with Crippen molar-refractivity contribution in [2.45, 2.75) is 0 Å². The van der Waals surface area contributed by atoms with Crippen molar-refractivity contribution in [3.63, 3.8) is 0 Å². The second-order valence-corrected chi connectivity index (χ2v) is 5.21. The second kappa shape index (κ2) is 4.73. The Morgan fingerprint density at radius 2 is 1.45 bits per heavy atom. The van der Waals surface area contributed by atoms with Crippen molar-refractivity contribution in [2.75, 3.05) is 22.1 Å². The first kappa shape index (κ1) is 12.6. The fourth-order valence-electron chi connectivity index (χ4n) is 2.77. The van der Waals surface area contributed by atoms with Crippen molar-refractivity contribution in [2.24, 2.45) is 0 Å². The molecule has 2 N–H and O–H groups in total. The molecule has 0 saturated heterocycles. The van der Waals surface area contributed by atoms with Crippen LogP contribution in [0.25, 0.3) is 0 Å². The number of rotatable bonds is 1. The molecule has 0 aromatic heterocycles. The van der Waals surface area contributed by atoms with Crippen molar-refractivity contribution >= 4 is 28.9 Å². The van der Waals surface area contributed by atoms with Crippen LogP contribution in [0.15, 0.2) is 65.9 Å². The number of anilines is 3. The Balaban J connectivity index is 1.73. The van der Waals surface area contributed by atoms with Crippen molar-refractivity contribution in [1.29, 1.82) is 0 Å². The number of amides is 2. The van der Waals surface area contributed by atoms with Crippen LogP contribution in [0.2, 0.25) is 0 Å². The Bertz CT molecular complexity index is 812. The van der Waals surface area contributed by atoms with Crippen LogP contribution in [0.4, 0.5) is 17.1 Å². The van der Waals surface area contributed by atoms with Crippen LogP contribution in [0.1, 0.15) is 0 Å². The van der Waals surface area contributed by atoms with Crippen LogP contribution in [0.5, 0.6) is 0 Å². The number of benzene rings is 2. The summed E-state index contributed by atoms with van der Waals surface area (Å²) >= 11 is 0. The van der Waals surface area contributed by atoms with E-state index in [1.54, 1.807) is 4.90 Å². The molecule has 0 spiro atoms. The largest absolute Gasteiger partial charge is 0.355 e. The topological polar surface area (TPSA) is 61.4 Å². The summed E-state index contributed by atoms with van der Waals surface area (Å²) in [6.07, 6.45) is 0. The molecule has 2 aromatic carbocycles. The Labute approximate surface area is 127 Å². The van der Waals surface area contributed by atoms with Gasteiger partial charge in [0.2, 0.25) is 0 Å². The first-order valence-electron chi connectivity index (χ1n) is 7.01. The van der Waals surface area contributed by atoms with E-state index < -0.39 is 0 Å². The quantitative estimate of drug-likeness (QED) is 0.793. The maximum absolute atomic E-state index is 12.6. The molecule has 0 radical (unpaired) electrons. The maximum atomic E-state index is 12.6. The lowest BCUT2D eigenvalue weighted by Crippen LogP contribution is -2.30. The van der Waals surface area contributed by atoms with Crippen molar-refractivity contribution < 1.29 is 9.59 Å². The highest BCUT2D eigenvalue weighted by molar-refractivity contribution is 6.30. The van der Waals surface area contributed by atoms with Gasteiger partial charge in [-0.25, -0.2) is 0 Å². The average Bonchev–Trinajstić information content (AvgIpc) is 2.78. The van der Waals surface area contributed by atoms with E-state index in [1.165, 1.54) is 0 Å². The predicted molar refractivity (Wildman–Crippen MR) is 84.5 cm³/mol. The molecule has 5 heteroatoms. The Morgan fingerprint density at radius 1 is 0.818 bits per heavy atom. The van der Waals surface area contributed by atoms with E-state index in [0.29, 0.717) is 17.9 Å². The van der Waals surface area contributed by atoms with E-state index in [4.69, 9.17) is 0 Å². The minimum atomic E-state index is -0.365. The molecule has 2 aliphatic heterocycles. The van der Waals surface area contributed by atoms with Gasteiger partial charge in [-0.1, -0.05) is 30.3 Å². The van der Waals surface area contributed by atoms with E-state index in [9.17, 15) is 9.59 Å². The normalized spacial score (nSPS) is 16.6. The van der Waals surface area contributed by atoms with Gasteiger partial charge in [0, 0.05) is 5.69 Å². The second-order valence-electron chi connectivity index (χ2n) is 5.21. The van der Waals surface area contributed by atoms with Crippen LogP contribution >= 0.6 is 0 Å². The smallest absolute Gasteiger partial charge is 0.266 e. The first-order chi connectivity index (χ1) is 10.7. The molecule has 4 rings (SSSR count). The van der Waals surface area contributed by atoms with Crippen LogP contribution in [-0.4, -0.2) is 18.4 Å². The SMILES string of the molecule is O=C1Nc2ccccc2NC2=C1C(=O)N(c1ccccc1)C2. The molecule has 0 fully saturated rings. The van der Waals surface area contributed by atoms with Crippen LogP contribution in [0.3, 0.4) is 0 Å². The average molecular weight is 291 g/mol. The van der Waals surface area contributed by atoms with E-state index in [2.05, 4.69) is 10.6 Å². The molecule has 108 valence electrons. The van der Waals surface area contributed by atoms with E-state index in [-0.39, 0.29) is 17.4 Å². The molecule has 2 aliphatic rings. The zero-order valence-corrected chi connectivity index (χ0v) is 11.7. The molecule has 5 nitrogen and oxygen atoms in total. The van der Waals surface area contributed by atoms with Gasteiger partial charge in [0.15, 0.2) is 0 Å². The van der Waals surface area contributed by atoms with Crippen molar-refractivity contribution in [3.8, 4) is 0 Å². The van der Waals surface area contributed by atoms with Gasteiger partial charge in [0.1, 0.15) is 5.57 Å².